The van der Waals surface area contributed by atoms with Gasteiger partial charge in [-0.15, -0.1) is 0 Å². The van der Waals surface area contributed by atoms with Crippen molar-refractivity contribution in [1.29, 1.82) is 0 Å². The summed E-state index contributed by atoms with van der Waals surface area (Å²) < 4.78 is 25.0. The summed E-state index contributed by atoms with van der Waals surface area (Å²) in [4.78, 5) is 24.3. The molecule has 25 heavy (non-hydrogen) atoms. The number of nitrogens with zero attached hydrogens (tertiary/aromatic N) is 1. The highest BCUT2D eigenvalue weighted by Gasteiger charge is 2.41. The van der Waals surface area contributed by atoms with E-state index in [1.165, 1.54) is 24.3 Å². The number of rotatable bonds is 3. The molecule has 0 saturated carbocycles. The lowest BCUT2D eigenvalue weighted by Crippen LogP contribution is -2.30. The van der Waals surface area contributed by atoms with Crippen LogP contribution in [0.2, 0.25) is 0 Å². The van der Waals surface area contributed by atoms with Gasteiger partial charge >= 0.3 is 0 Å². The Morgan fingerprint density at radius 3 is 2.20 bits per heavy atom. The van der Waals surface area contributed by atoms with Crippen LogP contribution in [0.4, 0.5) is 11.4 Å². The highest BCUT2D eigenvalue weighted by atomic mass is 32.2. The van der Waals surface area contributed by atoms with Gasteiger partial charge in [0, 0.05) is 11.3 Å². The van der Waals surface area contributed by atoms with E-state index in [4.69, 9.17) is 0 Å². The van der Waals surface area contributed by atoms with Gasteiger partial charge in [-0.3, -0.25) is 9.59 Å². The van der Waals surface area contributed by atoms with E-state index in [-0.39, 0.29) is 17.3 Å². The van der Waals surface area contributed by atoms with Crippen LogP contribution in [0.25, 0.3) is 0 Å². The van der Waals surface area contributed by atoms with E-state index < -0.39 is 21.8 Å². The van der Waals surface area contributed by atoms with Crippen LogP contribution in [0, 0.1) is 12.8 Å². The highest BCUT2D eigenvalue weighted by molar-refractivity contribution is 7.94. The van der Waals surface area contributed by atoms with Gasteiger partial charge in [0.1, 0.15) is 0 Å². The fourth-order valence-corrected chi connectivity index (χ4v) is 4.50. The molecule has 6 nitrogen and oxygen atoms in total. The predicted molar refractivity (Wildman–Crippen MR) is 96.0 cm³/mol. The smallest absolute Gasteiger partial charge is 0.255 e. The normalized spacial score (nSPS) is 19.0. The molecule has 1 atom stereocenters. The molecule has 2 aromatic carbocycles. The zero-order chi connectivity index (χ0) is 18.2. The Bertz CT molecular complexity index is 919. The predicted octanol–water partition coefficient (Wildman–Crippen LogP) is 2.56. The van der Waals surface area contributed by atoms with E-state index in [1.54, 1.807) is 19.1 Å². The summed E-state index contributed by atoms with van der Waals surface area (Å²) in [7, 11) is -3.64. The minimum absolute atomic E-state index is 0.193. The lowest BCUT2D eigenvalue weighted by atomic mass is 10.1. The number of nitrogens with one attached hydrogen (secondary N) is 1. The largest absolute Gasteiger partial charge is 0.322 e. The first-order valence-corrected chi connectivity index (χ1v) is 9.44. The van der Waals surface area contributed by atoms with Gasteiger partial charge in [-0.1, -0.05) is 24.6 Å². The second-order valence-corrected chi connectivity index (χ2v) is 8.01. The lowest BCUT2D eigenvalue weighted by Gasteiger charge is -2.15. The topological polar surface area (TPSA) is 83.6 Å². The molecule has 1 fully saturated rings. The summed E-state index contributed by atoms with van der Waals surface area (Å²) in [5.74, 6) is -1.51. The zero-order valence-corrected chi connectivity index (χ0v) is 14.7. The molecule has 0 radical (unpaired) electrons. The Labute approximate surface area is 146 Å². The quantitative estimate of drug-likeness (QED) is 0.914. The van der Waals surface area contributed by atoms with Gasteiger partial charge in [0.2, 0.25) is 15.9 Å². The van der Waals surface area contributed by atoms with Crippen LogP contribution in [0.3, 0.4) is 0 Å². The Morgan fingerprint density at radius 1 is 1.08 bits per heavy atom. The average molecular weight is 358 g/mol. The minimum atomic E-state index is -3.64. The van der Waals surface area contributed by atoms with Crippen LogP contribution in [-0.4, -0.2) is 26.0 Å². The molecule has 0 aliphatic carbocycles. The third-order valence-corrected chi connectivity index (χ3v) is 5.90. The molecule has 0 unspecified atom stereocenters. The van der Waals surface area contributed by atoms with E-state index in [0.29, 0.717) is 11.3 Å². The molecular formula is C18H18N2O4S. The maximum absolute atomic E-state index is 12.3. The molecule has 1 N–H and O–H groups in total. The van der Waals surface area contributed by atoms with Crippen molar-refractivity contribution in [1.82, 2.24) is 0 Å². The van der Waals surface area contributed by atoms with Gasteiger partial charge in [0.25, 0.3) is 5.91 Å². The number of hydrogen-bond acceptors (Lipinski definition) is 4. The first kappa shape index (κ1) is 17.2. The van der Waals surface area contributed by atoms with Crippen molar-refractivity contribution >= 4 is 33.2 Å². The van der Waals surface area contributed by atoms with Crippen molar-refractivity contribution in [3.05, 3.63) is 59.7 Å². The third kappa shape index (κ3) is 3.41. The SMILES string of the molecule is Cc1ccc(NC(=O)c2ccc(N3C(=O)[C@H](C)CS3(=O)=O)cc2)cc1. The number of aryl methyl sites for hydroxylation is 1. The average Bonchev–Trinajstić information content (AvgIpc) is 2.77. The van der Waals surface area contributed by atoms with E-state index in [1.807, 2.05) is 19.1 Å². The van der Waals surface area contributed by atoms with Crippen molar-refractivity contribution in [2.24, 2.45) is 5.92 Å². The van der Waals surface area contributed by atoms with E-state index in [2.05, 4.69) is 5.32 Å². The monoisotopic (exact) mass is 358 g/mol. The van der Waals surface area contributed by atoms with Gasteiger partial charge in [0.05, 0.1) is 17.4 Å². The summed E-state index contributed by atoms with van der Waals surface area (Å²) in [6.45, 7) is 3.54. The molecule has 7 heteroatoms. The fourth-order valence-electron chi connectivity index (χ4n) is 2.68. The molecule has 1 aliphatic heterocycles. The molecule has 2 amide bonds. The molecule has 130 valence electrons. The number of amides is 2. The molecule has 2 aromatic rings. The molecule has 1 heterocycles. The van der Waals surface area contributed by atoms with Crippen molar-refractivity contribution in [2.75, 3.05) is 15.4 Å². The number of carbonyl (C=O) groups is 2. The van der Waals surface area contributed by atoms with Gasteiger partial charge in [-0.25, -0.2) is 12.7 Å². The molecule has 0 bridgehead atoms. The zero-order valence-electron chi connectivity index (χ0n) is 13.9. The summed E-state index contributed by atoms with van der Waals surface area (Å²) >= 11 is 0. The van der Waals surface area contributed by atoms with Crippen LogP contribution in [-0.2, 0) is 14.8 Å². The van der Waals surface area contributed by atoms with E-state index in [9.17, 15) is 18.0 Å². The fraction of sp³-hybridized carbons (Fsp3) is 0.222. The maximum atomic E-state index is 12.3. The number of carbonyl (C=O) groups excluding carboxylic acids is 2. The van der Waals surface area contributed by atoms with Crippen molar-refractivity contribution in [3.8, 4) is 0 Å². The number of benzene rings is 2. The van der Waals surface area contributed by atoms with Crippen LogP contribution in [0.5, 0.6) is 0 Å². The van der Waals surface area contributed by atoms with E-state index >= 15 is 0 Å². The van der Waals surface area contributed by atoms with Crippen LogP contribution < -0.4 is 9.62 Å². The molecule has 1 aliphatic rings. The molecular weight excluding hydrogens is 340 g/mol. The van der Waals surface area contributed by atoms with Crippen LogP contribution in [0.15, 0.2) is 48.5 Å². The van der Waals surface area contributed by atoms with Gasteiger partial charge in [-0.2, -0.15) is 0 Å². The second-order valence-electron chi connectivity index (χ2n) is 6.15. The van der Waals surface area contributed by atoms with Crippen LogP contribution >= 0.6 is 0 Å². The van der Waals surface area contributed by atoms with Crippen molar-refractivity contribution < 1.29 is 18.0 Å². The summed E-state index contributed by atoms with van der Waals surface area (Å²) in [6, 6.07) is 13.3. The Morgan fingerprint density at radius 2 is 1.68 bits per heavy atom. The Balaban J connectivity index is 1.79. The lowest BCUT2D eigenvalue weighted by molar-refractivity contribution is -0.119. The number of sulfonamides is 1. The summed E-state index contributed by atoms with van der Waals surface area (Å²) in [5, 5.41) is 2.77. The summed E-state index contributed by atoms with van der Waals surface area (Å²) in [5.41, 5.74) is 2.39. The number of hydrogen-bond donors (Lipinski definition) is 1. The molecule has 3 rings (SSSR count). The third-order valence-electron chi connectivity index (χ3n) is 4.03. The van der Waals surface area contributed by atoms with Gasteiger partial charge < -0.3 is 5.32 Å². The second kappa shape index (κ2) is 6.33. The Hall–Kier alpha value is -2.67. The first-order chi connectivity index (χ1) is 11.8. The summed E-state index contributed by atoms with van der Waals surface area (Å²) in [6.07, 6.45) is 0. The maximum Gasteiger partial charge on any atom is 0.255 e. The number of anilines is 2. The molecule has 0 aromatic heterocycles. The Kier molecular flexibility index (Phi) is 4.34. The molecule has 1 saturated heterocycles. The van der Waals surface area contributed by atoms with Gasteiger partial charge in [-0.05, 0) is 43.3 Å². The van der Waals surface area contributed by atoms with Gasteiger partial charge in [0.15, 0.2) is 0 Å². The van der Waals surface area contributed by atoms with Crippen molar-refractivity contribution in [3.63, 3.8) is 0 Å². The highest BCUT2D eigenvalue weighted by Crippen LogP contribution is 2.28. The van der Waals surface area contributed by atoms with Crippen molar-refractivity contribution in [2.45, 2.75) is 13.8 Å². The molecule has 0 spiro atoms. The first-order valence-electron chi connectivity index (χ1n) is 7.83. The van der Waals surface area contributed by atoms with Crippen LogP contribution in [0.1, 0.15) is 22.8 Å². The standard InChI is InChI=1S/C18H18N2O4S/c1-12-3-7-15(8-4-12)19-17(21)14-5-9-16(10-6-14)20-18(22)13(2)11-25(20,23)24/h3-10,13H,11H2,1-2H3,(H,19,21)/t13-/m1/s1. The van der Waals surface area contributed by atoms with E-state index in [0.717, 1.165) is 9.87 Å². The minimum Gasteiger partial charge on any atom is -0.322 e.